The van der Waals surface area contributed by atoms with Crippen molar-refractivity contribution in [2.45, 2.75) is 24.4 Å². The minimum Gasteiger partial charge on any atom is -0.311 e. The maximum absolute atomic E-state index is 13.2. The third-order valence-corrected chi connectivity index (χ3v) is 6.08. The van der Waals surface area contributed by atoms with Gasteiger partial charge in [-0.25, -0.2) is 9.97 Å². The molecule has 1 unspecified atom stereocenters. The lowest BCUT2D eigenvalue weighted by Gasteiger charge is -2.25. The average molecular weight is 321 g/mol. The number of alkyl halides is 3. The predicted molar refractivity (Wildman–Crippen MR) is 75.0 cm³/mol. The normalized spacial score (nSPS) is 23.4. The van der Waals surface area contributed by atoms with E-state index in [1.807, 2.05) is 0 Å². The van der Waals surface area contributed by atoms with E-state index in [9.17, 15) is 13.2 Å². The highest BCUT2D eigenvalue weighted by atomic mass is 32.2. The van der Waals surface area contributed by atoms with E-state index in [2.05, 4.69) is 15.3 Å². The first-order valence-corrected chi connectivity index (χ1v) is 8.63. The molecule has 0 bridgehead atoms. The van der Waals surface area contributed by atoms with Crippen LogP contribution >= 0.6 is 23.5 Å². The van der Waals surface area contributed by atoms with Crippen molar-refractivity contribution in [2.75, 3.05) is 23.8 Å². The molecular weight excluding hydrogens is 307 g/mol. The summed E-state index contributed by atoms with van der Waals surface area (Å²) in [7, 11) is 0. The van der Waals surface area contributed by atoms with Crippen molar-refractivity contribution in [1.29, 1.82) is 0 Å². The molecule has 1 fully saturated rings. The molecule has 3 rings (SSSR count). The second-order valence-corrected chi connectivity index (χ2v) is 7.17. The van der Waals surface area contributed by atoms with Gasteiger partial charge in [-0.2, -0.15) is 24.9 Å². The number of rotatable bonds is 1. The van der Waals surface area contributed by atoms with Gasteiger partial charge in [-0.1, -0.05) is 0 Å². The molecule has 0 aromatic carbocycles. The average Bonchev–Trinajstić information content (AvgIpc) is 2.46. The molecule has 2 aliphatic heterocycles. The monoisotopic (exact) mass is 321 g/mol. The number of nitrogens with zero attached hydrogens (tertiary/aromatic N) is 2. The van der Waals surface area contributed by atoms with E-state index in [1.54, 1.807) is 23.5 Å². The maximum Gasteiger partial charge on any atom is 0.433 e. The van der Waals surface area contributed by atoms with E-state index in [1.165, 1.54) is 0 Å². The largest absolute Gasteiger partial charge is 0.433 e. The summed E-state index contributed by atoms with van der Waals surface area (Å²) in [5.41, 5.74) is 0.0633. The minimum absolute atomic E-state index is 0.0259. The Kier molecular flexibility index (Phi) is 4.14. The topological polar surface area (TPSA) is 37.8 Å². The lowest BCUT2D eigenvalue weighted by molar-refractivity contribution is -0.142. The SMILES string of the molecule is FC(F)(F)c1nc(C2CSCCS2)nc2c1CCNC2. The van der Waals surface area contributed by atoms with Crippen molar-refractivity contribution >= 4 is 23.5 Å². The molecule has 1 aromatic rings. The molecule has 8 heteroatoms. The van der Waals surface area contributed by atoms with Crippen LogP contribution < -0.4 is 5.32 Å². The van der Waals surface area contributed by atoms with Crippen molar-refractivity contribution in [2.24, 2.45) is 0 Å². The van der Waals surface area contributed by atoms with E-state index in [0.717, 1.165) is 17.3 Å². The molecule has 0 aliphatic carbocycles. The van der Waals surface area contributed by atoms with E-state index in [4.69, 9.17) is 0 Å². The zero-order valence-corrected chi connectivity index (χ0v) is 12.3. The van der Waals surface area contributed by atoms with Crippen molar-refractivity contribution in [1.82, 2.24) is 15.3 Å². The van der Waals surface area contributed by atoms with E-state index in [-0.39, 0.29) is 10.8 Å². The summed E-state index contributed by atoms with van der Waals surface area (Å²) in [6, 6.07) is 0. The molecule has 110 valence electrons. The molecule has 1 N–H and O–H groups in total. The summed E-state index contributed by atoms with van der Waals surface area (Å²) in [4.78, 5) is 8.29. The highest BCUT2D eigenvalue weighted by Crippen LogP contribution is 2.38. The zero-order valence-electron chi connectivity index (χ0n) is 10.7. The number of halogens is 3. The smallest absolute Gasteiger partial charge is 0.311 e. The number of hydrogen-bond donors (Lipinski definition) is 1. The van der Waals surface area contributed by atoms with Crippen molar-refractivity contribution in [3.05, 3.63) is 22.8 Å². The first-order valence-electron chi connectivity index (χ1n) is 6.42. The molecule has 1 atom stereocenters. The van der Waals surface area contributed by atoms with Crippen LogP contribution in [-0.4, -0.2) is 33.8 Å². The second kappa shape index (κ2) is 5.73. The van der Waals surface area contributed by atoms with Gasteiger partial charge in [-0.05, 0) is 13.0 Å². The Morgan fingerprint density at radius 3 is 2.75 bits per heavy atom. The van der Waals surface area contributed by atoms with E-state index < -0.39 is 11.9 Å². The summed E-state index contributed by atoms with van der Waals surface area (Å²) in [6.07, 6.45) is -4.05. The highest BCUT2D eigenvalue weighted by molar-refractivity contribution is 8.06. The first-order chi connectivity index (χ1) is 9.55. The summed E-state index contributed by atoms with van der Waals surface area (Å²) in [6.45, 7) is 0.950. The van der Waals surface area contributed by atoms with Gasteiger partial charge in [0, 0.05) is 29.4 Å². The molecule has 0 spiro atoms. The van der Waals surface area contributed by atoms with Crippen LogP contribution in [-0.2, 0) is 19.1 Å². The third-order valence-electron chi connectivity index (χ3n) is 3.33. The number of nitrogens with one attached hydrogen (secondary N) is 1. The molecule has 0 amide bonds. The van der Waals surface area contributed by atoms with Gasteiger partial charge in [-0.15, -0.1) is 11.8 Å². The fourth-order valence-corrected chi connectivity index (χ4v) is 4.99. The third kappa shape index (κ3) is 2.92. The van der Waals surface area contributed by atoms with Gasteiger partial charge in [0.25, 0.3) is 0 Å². The quantitative estimate of drug-likeness (QED) is 0.861. The molecule has 0 saturated carbocycles. The number of aromatic nitrogens is 2. The predicted octanol–water partition coefficient (Wildman–Crippen LogP) is 2.66. The van der Waals surface area contributed by atoms with Crippen LogP contribution in [0.1, 0.15) is 28.0 Å². The lowest BCUT2D eigenvalue weighted by atomic mass is 10.0. The Hall–Kier alpha value is -0.470. The van der Waals surface area contributed by atoms with Crippen LogP contribution in [0.15, 0.2) is 0 Å². The molecule has 2 aliphatic rings. The standard InChI is InChI=1S/C12H14F3N3S2/c13-12(14,15)10-7-1-2-16-5-8(7)17-11(18-10)9-6-19-3-4-20-9/h9,16H,1-6H2. The molecular formula is C12H14F3N3S2. The zero-order chi connectivity index (χ0) is 14.2. The van der Waals surface area contributed by atoms with Crippen LogP contribution in [0.2, 0.25) is 0 Å². The number of fused-ring (bicyclic) bond motifs is 1. The fourth-order valence-electron chi connectivity index (χ4n) is 2.39. The maximum atomic E-state index is 13.2. The first kappa shape index (κ1) is 14.5. The van der Waals surface area contributed by atoms with E-state index >= 15 is 0 Å². The Morgan fingerprint density at radius 1 is 1.20 bits per heavy atom. The minimum atomic E-state index is -4.40. The Balaban J connectivity index is 2.03. The summed E-state index contributed by atoms with van der Waals surface area (Å²) >= 11 is 3.40. The van der Waals surface area contributed by atoms with Gasteiger partial charge >= 0.3 is 6.18 Å². The Bertz CT molecular complexity index is 501. The van der Waals surface area contributed by atoms with Gasteiger partial charge in [0.1, 0.15) is 5.82 Å². The molecule has 0 radical (unpaired) electrons. The van der Waals surface area contributed by atoms with E-state index in [0.29, 0.717) is 31.0 Å². The van der Waals surface area contributed by atoms with Gasteiger partial charge in [-0.3, -0.25) is 0 Å². The van der Waals surface area contributed by atoms with Crippen LogP contribution in [0.5, 0.6) is 0 Å². The molecule has 1 aromatic heterocycles. The van der Waals surface area contributed by atoms with Gasteiger partial charge in [0.05, 0.1) is 10.9 Å². The van der Waals surface area contributed by atoms with Crippen LogP contribution in [0, 0.1) is 0 Å². The van der Waals surface area contributed by atoms with Crippen molar-refractivity contribution < 1.29 is 13.2 Å². The van der Waals surface area contributed by atoms with Gasteiger partial charge < -0.3 is 5.32 Å². The molecule has 3 heterocycles. The molecule has 1 saturated heterocycles. The summed E-state index contributed by atoms with van der Waals surface area (Å²) in [5.74, 6) is 3.11. The molecule has 3 nitrogen and oxygen atoms in total. The van der Waals surface area contributed by atoms with Crippen molar-refractivity contribution in [3.8, 4) is 0 Å². The second-order valence-electron chi connectivity index (χ2n) is 4.71. The highest BCUT2D eigenvalue weighted by Gasteiger charge is 2.38. The lowest BCUT2D eigenvalue weighted by Crippen LogP contribution is -2.30. The summed E-state index contributed by atoms with van der Waals surface area (Å²) < 4.78 is 39.6. The van der Waals surface area contributed by atoms with Crippen LogP contribution in [0.25, 0.3) is 0 Å². The van der Waals surface area contributed by atoms with Crippen LogP contribution in [0.3, 0.4) is 0 Å². The fraction of sp³-hybridized carbons (Fsp3) is 0.667. The number of thioether (sulfide) groups is 2. The Morgan fingerprint density at radius 2 is 2.05 bits per heavy atom. The molecule has 20 heavy (non-hydrogen) atoms. The van der Waals surface area contributed by atoms with Crippen LogP contribution in [0.4, 0.5) is 13.2 Å². The Labute approximate surface area is 123 Å². The van der Waals surface area contributed by atoms with Crippen molar-refractivity contribution in [3.63, 3.8) is 0 Å². The number of hydrogen-bond acceptors (Lipinski definition) is 5. The van der Waals surface area contributed by atoms with Gasteiger partial charge in [0.15, 0.2) is 5.69 Å². The summed E-state index contributed by atoms with van der Waals surface area (Å²) in [5, 5.41) is 3.05. The van der Waals surface area contributed by atoms with Gasteiger partial charge in [0.2, 0.25) is 0 Å².